The van der Waals surface area contributed by atoms with E-state index in [-0.39, 0.29) is 29.1 Å². The lowest BCUT2D eigenvalue weighted by Crippen LogP contribution is -2.24. The van der Waals surface area contributed by atoms with Gasteiger partial charge in [0.15, 0.2) is 5.16 Å². The average Bonchev–Trinajstić information content (AvgIpc) is 3.19. The Hall–Kier alpha value is -2.46. The number of hydrogen-bond acceptors (Lipinski definition) is 6. The molecule has 0 aliphatic rings. The quantitative estimate of drug-likeness (QED) is 0.491. The summed E-state index contributed by atoms with van der Waals surface area (Å²) >= 11 is 2.14. The van der Waals surface area contributed by atoms with Crippen molar-refractivity contribution in [1.82, 2.24) is 20.3 Å². The van der Waals surface area contributed by atoms with Crippen molar-refractivity contribution in [2.75, 3.05) is 5.75 Å². The molecule has 140 valence electrons. The van der Waals surface area contributed by atoms with E-state index in [0.717, 1.165) is 23.4 Å². The second-order valence-electron chi connectivity index (χ2n) is 5.32. The zero-order valence-electron chi connectivity index (χ0n) is 13.7. The van der Waals surface area contributed by atoms with Crippen LogP contribution in [-0.4, -0.2) is 26.6 Å². The van der Waals surface area contributed by atoms with Crippen molar-refractivity contribution in [2.24, 2.45) is 0 Å². The highest BCUT2D eigenvalue weighted by atomic mass is 32.2. The molecule has 10 heteroatoms. The molecule has 0 aromatic carbocycles. The molecule has 0 unspecified atom stereocenters. The summed E-state index contributed by atoms with van der Waals surface area (Å²) in [5.74, 6) is -0.423. The van der Waals surface area contributed by atoms with Gasteiger partial charge in [-0.2, -0.15) is 13.2 Å². The summed E-state index contributed by atoms with van der Waals surface area (Å²) in [6, 6.07) is 7.89. The number of carbonyl (C=O) groups is 1. The number of pyridine rings is 1. The summed E-state index contributed by atoms with van der Waals surface area (Å²) in [4.78, 5) is 24.2. The van der Waals surface area contributed by atoms with Crippen LogP contribution in [0.15, 0.2) is 53.3 Å². The molecule has 0 bridgehead atoms. The Morgan fingerprint density at radius 2 is 2.07 bits per heavy atom. The smallest absolute Gasteiger partial charge is 0.351 e. The zero-order valence-corrected chi connectivity index (χ0v) is 15.4. The average molecular weight is 410 g/mol. The van der Waals surface area contributed by atoms with Gasteiger partial charge in [0, 0.05) is 18.9 Å². The van der Waals surface area contributed by atoms with Gasteiger partial charge in [0.2, 0.25) is 5.91 Å². The lowest BCUT2D eigenvalue weighted by atomic mass is 10.3. The Bertz CT molecular complexity index is 902. The summed E-state index contributed by atoms with van der Waals surface area (Å²) in [7, 11) is 0. The Kier molecular flexibility index (Phi) is 6.07. The predicted octanol–water partition coefficient (Wildman–Crippen LogP) is 4.03. The van der Waals surface area contributed by atoms with E-state index in [0.29, 0.717) is 4.88 Å². The maximum atomic E-state index is 13.1. The van der Waals surface area contributed by atoms with Gasteiger partial charge >= 0.3 is 6.18 Å². The van der Waals surface area contributed by atoms with Crippen LogP contribution in [0.5, 0.6) is 0 Å². The summed E-state index contributed by atoms with van der Waals surface area (Å²) in [5.41, 5.74) is -0.0177. The van der Waals surface area contributed by atoms with Gasteiger partial charge in [-0.05, 0) is 29.1 Å². The van der Waals surface area contributed by atoms with Crippen LogP contribution >= 0.6 is 23.1 Å². The molecule has 27 heavy (non-hydrogen) atoms. The van der Waals surface area contributed by atoms with E-state index in [1.54, 1.807) is 36.0 Å². The fourth-order valence-corrected chi connectivity index (χ4v) is 3.44. The SMILES string of the molecule is O=C(CSc1nc(-c2cccs2)cc(C(F)(F)F)n1)NCc1cccnc1. The number of rotatable bonds is 6. The molecule has 1 N–H and O–H groups in total. The maximum absolute atomic E-state index is 13.1. The van der Waals surface area contributed by atoms with Crippen molar-refractivity contribution < 1.29 is 18.0 Å². The van der Waals surface area contributed by atoms with Crippen LogP contribution < -0.4 is 5.32 Å². The second kappa shape index (κ2) is 8.49. The fraction of sp³-hybridized carbons (Fsp3) is 0.176. The lowest BCUT2D eigenvalue weighted by molar-refractivity contribution is -0.141. The molecular formula is C17H13F3N4OS2. The second-order valence-corrected chi connectivity index (χ2v) is 7.21. The number of nitrogens with zero attached hydrogens (tertiary/aromatic N) is 3. The topological polar surface area (TPSA) is 67.8 Å². The van der Waals surface area contributed by atoms with E-state index in [9.17, 15) is 18.0 Å². The minimum Gasteiger partial charge on any atom is -0.351 e. The first-order chi connectivity index (χ1) is 12.9. The van der Waals surface area contributed by atoms with E-state index in [4.69, 9.17) is 0 Å². The van der Waals surface area contributed by atoms with Crippen LogP contribution in [0.4, 0.5) is 13.2 Å². The van der Waals surface area contributed by atoms with Gasteiger partial charge in [-0.1, -0.05) is 23.9 Å². The first-order valence-corrected chi connectivity index (χ1v) is 9.57. The number of thiophene rings is 1. The standard InChI is InChI=1S/C17H13F3N4OS2/c18-17(19,20)14-7-12(13-4-2-6-26-13)23-16(24-14)27-10-15(25)22-9-11-3-1-5-21-8-11/h1-8H,9-10H2,(H,22,25). The molecule has 3 rings (SSSR count). The van der Waals surface area contributed by atoms with Crippen molar-refractivity contribution in [3.05, 3.63) is 59.4 Å². The lowest BCUT2D eigenvalue weighted by Gasteiger charge is -2.10. The largest absolute Gasteiger partial charge is 0.433 e. The van der Waals surface area contributed by atoms with Crippen molar-refractivity contribution in [3.8, 4) is 10.6 Å². The third-order valence-corrected chi connectivity index (χ3v) is 5.05. The first-order valence-electron chi connectivity index (χ1n) is 7.70. The van der Waals surface area contributed by atoms with Crippen LogP contribution in [0, 0.1) is 0 Å². The summed E-state index contributed by atoms with van der Waals surface area (Å²) < 4.78 is 39.3. The van der Waals surface area contributed by atoms with E-state index in [1.165, 1.54) is 11.3 Å². The molecule has 0 saturated heterocycles. The number of carbonyl (C=O) groups excluding carboxylic acids is 1. The van der Waals surface area contributed by atoms with Crippen molar-refractivity contribution in [2.45, 2.75) is 17.9 Å². The van der Waals surface area contributed by atoms with Crippen molar-refractivity contribution in [3.63, 3.8) is 0 Å². The Morgan fingerprint density at radius 1 is 1.22 bits per heavy atom. The van der Waals surface area contributed by atoms with Crippen molar-refractivity contribution >= 4 is 29.0 Å². The molecule has 3 aromatic rings. The Labute approximate surface area is 161 Å². The van der Waals surface area contributed by atoms with Gasteiger partial charge in [-0.15, -0.1) is 11.3 Å². The molecule has 0 fully saturated rings. The molecule has 0 spiro atoms. The summed E-state index contributed by atoms with van der Waals surface area (Å²) in [6.45, 7) is 0.289. The van der Waals surface area contributed by atoms with Crippen LogP contribution in [0.2, 0.25) is 0 Å². The number of alkyl halides is 3. The van der Waals surface area contributed by atoms with Gasteiger partial charge in [-0.3, -0.25) is 9.78 Å². The molecule has 1 amide bonds. The normalized spacial score (nSPS) is 11.4. The summed E-state index contributed by atoms with van der Waals surface area (Å²) in [5, 5.41) is 4.34. The first kappa shape index (κ1) is 19.3. The number of aromatic nitrogens is 3. The fourth-order valence-electron chi connectivity index (χ4n) is 2.07. The van der Waals surface area contributed by atoms with Crippen LogP contribution in [0.3, 0.4) is 0 Å². The molecule has 0 saturated carbocycles. The molecular weight excluding hydrogens is 397 g/mol. The maximum Gasteiger partial charge on any atom is 0.433 e. The van der Waals surface area contributed by atoms with Gasteiger partial charge in [0.05, 0.1) is 16.3 Å². The highest BCUT2D eigenvalue weighted by Crippen LogP contribution is 2.33. The molecule has 0 atom stereocenters. The molecule has 5 nitrogen and oxygen atoms in total. The Balaban J connectivity index is 1.68. The van der Waals surface area contributed by atoms with Crippen LogP contribution in [0.1, 0.15) is 11.3 Å². The molecule has 0 aliphatic heterocycles. The third kappa shape index (κ3) is 5.51. The van der Waals surface area contributed by atoms with E-state index in [2.05, 4.69) is 20.3 Å². The van der Waals surface area contributed by atoms with Gasteiger partial charge in [0.1, 0.15) is 5.69 Å². The number of halogens is 3. The molecule has 0 aliphatic carbocycles. The minimum atomic E-state index is -4.59. The number of thioether (sulfide) groups is 1. The van der Waals surface area contributed by atoms with Crippen molar-refractivity contribution in [1.29, 1.82) is 0 Å². The molecule has 0 radical (unpaired) electrons. The predicted molar refractivity (Wildman–Crippen MR) is 97.2 cm³/mol. The van der Waals surface area contributed by atoms with Crippen LogP contribution in [-0.2, 0) is 17.5 Å². The molecule has 3 aromatic heterocycles. The number of amides is 1. The van der Waals surface area contributed by atoms with Gasteiger partial charge in [0.25, 0.3) is 0 Å². The highest BCUT2D eigenvalue weighted by molar-refractivity contribution is 7.99. The van der Waals surface area contributed by atoms with Gasteiger partial charge in [-0.25, -0.2) is 9.97 Å². The highest BCUT2D eigenvalue weighted by Gasteiger charge is 2.34. The van der Waals surface area contributed by atoms with Gasteiger partial charge < -0.3 is 5.32 Å². The summed E-state index contributed by atoms with van der Waals surface area (Å²) in [6.07, 6.45) is -1.35. The molecule has 3 heterocycles. The minimum absolute atomic E-state index is 0.0918. The van der Waals surface area contributed by atoms with E-state index in [1.807, 2.05) is 6.07 Å². The zero-order chi connectivity index (χ0) is 19.3. The Morgan fingerprint density at radius 3 is 2.74 bits per heavy atom. The third-order valence-electron chi connectivity index (χ3n) is 3.31. The van der Waals surface area contributed by atoms with Crippen LogP contribution in [0.25, 0.3) is 10.6 Å². The number of hydrogen-bond donors (Lipinski definition) is 1. The van der Waals surface area contributed by atoms with E-state index >= 15 is 0 Å². The monoisotopic (exact) mass is 410 g/mol. The number of nitrogens with one attached hydrogen (secondary N) is 1. The van der Waals surface area contributed by atoms with E-state index < -0.39 is 11.9 Å².